The lowest BCUT2D eigenvalue weighted by Crippen LogP contribution is -2.42. The van der Waals surface area contributed by atoms with E-state index in [9.17, 15) is 9.59 Å². The van der Waals surface area contributed by atoms with Crippen LogP contribution in [0.3, 0.4) is 0 Å². The predicted molar refractivity (Wildman–Crippen MR) is 124 cm³/mol. The molecule has 0 aliphatic carbocycles. The van der Waals surface area contributed by atoms with Crippen LogP contribution in [0, 0.1) is 5.92 Å². The van der Waals surface area contributed by atoms with Gasteiger partial charge in [-0.2, -0.15) is 0 Å². The maximum atomic E-state index is 12.9. The highest BCUT2D eigenvalue weighted by molar-refractivity contribution is 6.04. The summed E-state index contributed by atoms with van der Waals surface area (Å²) in [4.78, 5) is 29.8. The van der Waals surface area contributed by atoms with Crippen LogP contribution in [-0.2, 0) is 11.3 Å². The monoisotopic (exact) mass is 419 g/mol. The molecule has 0 radical (unpaired) electrons. The topological polar surface area (TPSA) is 52.7 Å². The third-order valence-electron chi connectivity index (χ3n) is 6.51. The number of amides is 2. The van der Waals surface area contributed by atoms with Gasteiger partial charge >= 0.3 is 0 Å². The second-order valence-corrected chi connectivity index (χ2v) is 8.81. The number of anilines is 1. The van der Waals surface area contributed by atoms with Crippen LogP contribution in [0.5, 0.6) is 0 Å². The summed E-state index contributed by atoms with van der Waals surface area (Å²) in [5.41, 5.74) is 2.66. The van der Waals surface area contributed by atoms with Crippen LogP contribution >= 0.6 is 0 Å². The summed E-state index contributed by atoms with van der Waals surface area (Å²) in [6.45, 7) is 4.68. The zero-order valence-corrected chi connectivity index (χ0v) is 18.3. The molecular weight excluding hydrogens is 386 g/mol. The number of benzene rings is 2. The van der Waals surface area contributed by atoms with Gasteiger partial charge in [-0.15, -0.1) is 0 Å². The highest BCUT2D eigenvalue weighted by atomic mass is 16.2. The van der Waals surface area contributed by atoms with Gasteiger partial charge in [-0.25, -0.2) is 0 Å². The molecule has 0 saturated carbocycles. The van der Waals surface area contributed by atoms with E-state index in [1.54, 1.807) is 0 Å². The molecule has 0 bridgehead atoms. The van der Waals surface area contributed by atoms with E-state index in [2.05, 4.69) is 15.1 Å². The number of piperidine rings is 1. The minimum Gasteiger partial charge on any atom is -0.342 e. The Morgan fingerprint density at radius 2 is 1.45 bits per heavy atom. The van der Waals surface area contributed by atoms with E-state index in [0.717, 1.165) is 64.1 Å². The first-order valence-electron chi connectivity index (χ1n) is 11.7. The molecular formula is C26H33N3O2. The van der Waals surface area contributed by atoms with Crippen molar-refractivity contribution >= 4 is 17.5 Å². The number of nitrogens with zero attached hydrogens (tertiary/aromatic N) is 2. The first-order chi connectivity index (χ1) is 15.2. The summed E-state index contributed by atoms with van der Waals surface area (Å²) in [7, 11) is 0. The van der Waals surface area contributed by atoms with Gasteiger partial charge in [0.1, 0.15) is 0 Å². The van der Waals surface area contributed by atoms with Crippen LogP contribution in [0.25, 0.3) is 0 Å². The molecule has 4 rings (SSSR count). The largest absolute Gasteiger partial charge is 0.342 e. The van der Waals surface area contributed by atoms with Gasteiger partial charge in [0.15, 0.2) is 0 Å². The van der Waals surface area contributed by atoms with E-state index in [-0.39, 0.29) is 11.8 Å². The Kier molecular flexibility index (Phi) is 7.36. The van der Waals surface area contributed by atoms with Gasteiger partial charge in [0.2, 0.25) is 5.91 Å². The van der Waals surface area contributed by atoms with Crippen molar-refractivity contribution in [3.05, 3.63) is 65.7 Å². The number of hydrogen-bond donors (Lipinski definition) is 1. The summed E-state index contributed by atoms with van der Waals surface area (Å²) in [5, 5.41) is 2.92. The fourth-order valence-corrected chi connectivity index (χ4v) is 4.63. The van der Waals surface area contributed by atoms with Crippen molar-refractivity contribution < 1.29 is 9.59 Å². The van der Waals surface area contributed by atoms with Crippen molar-refractivity contribution in [1.82, 2.24) is 9.80 Å². The minimum atomic E-state index is -0.0920. The Labute approximate surface area is 185 Å². The molecule has 0 unspecified atom stereocenters. The van der Waals surface area contributed by atoms with Crippen LogP contribution in [0.4, 0.5) is 5.69 Å². The molecule has 2 aliphatic heterocycles. The zero-order chi connectivity index (χ0) is 21.5. The second kappa shape index (κ2) is 10.6. The fraction of sp³-hybridized carbons (Fsp3) is 0.462. The molecule has 2 aromatic carbocycles. The number of nitrogens with one attached hydrogen (secondary N) is 1. The molecule has 5 nitrogen and oxygen atoms in total. The first kappa shape index (κ1) is 21.6. The highest BCUT2D eigenvalue weighted by Gasteiger charge is 2.28. The third kappa shape index (κ3) is 5.95. The number of carbonyl (C=O) groups excluding carboxylic acids is 2. The van der Waals surface area contributed by atoms with Crippen LogP contribution < -0.4 is 5.32 Å². The van der Waals surface area contributed by atoms with Crippen molar-refractivity contribution in [2.24, 2.45) is 5.92 Å². The Morgan fingerprint density at radius 1 is 0.806 bits per heavy atom. The van der Waals surface area contributed by atoms with Crippen molar-refractivity contribution in [3.63, 3.8) is 0 Å². The molecule has 31 heavy (non-hydrogen) atoms. The maximum absolute atomic E-state index is 12.9. The molecule has 0 aromatic heterocycles. The Hall–Kier alpha value is -2.66. The minimum absolute atomic E-state index is 0.0920. The number of rotatable bonds is 5. The standard InChI is InChI=1S/C26H33N3O2/c30-25(27-24-8-4-3-5-9-24)22-12-10-21(11-13-22)20-28-18-14-23(15-19-28)26(31)29-16-6-1-2-7-17-29/h3-5,8-13,23H,1-2,6-7,14-20H2,(H,27,30). The summed E-state index contributed by atoms with van der Waals surface area (Å²) >= 11 is 0. The quantitative estimate of drug-likeness (QED) is 0.773. The molecule has 5 heteroatoms. The molecule has 0 atom stereocenters. The zero-order valence-electron chi connectivity index (χ0n) is 18.3. The molecule has 0 spiro atoms. The van der Waals surface area contributed by atoms with Crippen molar-refractivity contribution in [1.29, 1.82) is 0 Å². The Morgan fingerprint density at radius 3 is 2.10 bits per heavy atom. The van der Waals surface area contributed by atoms with Crippen LogP contribution in [0.1, 0.15) is 54.4 Å². The fourth-order valence-electron chi connectivity index (χ4n) is 4.63. The van der Waals surface area contributed by atoms with Gasteiger partial charge in [-0.3, -0.25) is 14.5 Å². The molecule has 164 valence electrons. The first-order valence-corrected chi connectivity index (χ1v) is 11.7. The van der Waals surface area contributed by atoms with Gasteiger partial charge in [0, 0.05) is 36.8 Å². The molecule has 1 N–H and O–H groups in total. The average Bonchev–Trinajstić information content (AvgIpc) is 3.10. The maximum Gasteiger partial charge on any atom is 0.255 e. The SMILES string of the molecule is O=C(Nc1ccccc1)c1ccc(CN2CCC(C(=O)N3CCCCCC3)CC2)cc1. The Balaban J connectivity index is 1.25. The molecule has 2 heterocycles. The van der Waals surface area contributed by atoms with Crippen molar-refractivity contribution in [2.75, 3.05) is 31.5 Å². The Bertz CT molecular complexity index is 850. The predicted octanol–water partition coefficient (Wildman–Crippen LogP) is 4.55. The summed E-state index contributed by atoms with van der Waals surface area (Å²) in [6.07, 6.45) is 6.73. The smallest absolute Gasteiger partial charge is 0.255 e. The van der Waals surface area contributed by atoms with Crippen LogP contribution in [0.2, 0.25) is 0 Å². The normalized spacial score (nSPS) is 18.4. The average molecular weight is 420 g/mol. The summed E-state index contributed by atoms with van der Waals surface area (Å²) < 4.78 is 0. The molecule has 2 aromatic rings. The summed E-state index contributed by atoms with van der Waals surface area (Å²) in [6, 6.07) is 17.4. The third-order valence-corrected chi connectivity index (χ3v) is 6.51. The van der Waals surface area contributed by atoms with Crippen molar-refractivity contribution in [3.8, 4) is 0 Å². The highest BCUT2D eigenvalue weighted by Crippen LogP contribution is 2.23. The van der Waals surface area contributed by atoms with Gasteiger partial charge in [-0.05, 0) is 68.6 Å². The number of hydrogen-bond acceptors (Lipinski definition) is 3. The van der Waals surface area contributed by atoms with E-state index in [1.807, 2.05) is 54.6 Å². The number of para-hydroxylation sites is 1. The lowest BCUT2D eigenvalue weighted by atomic mass is 9.94. The number of likely N-dealkylation sites (tertiary alicyclic amines) is 2. The van der Waals surface area contributed by atoms with Crippen LogP contribution in [0.15, 0.2) is 54.6 Å². The number of carbonyl (C=O) groups is 2. The summed E-state index contributed by atoms with van der Waals surface area (Å²) in [5.74, 6) is 0.485. The molecule has 2 saturated heterocycles. The molecule has 2 fully saturated rings. The second-order valence-electron chi connectivity index (χ2n) is 8.81. The van der Waals surface area contributed by atoms with E-state index < -0.39 is 0 Å². The van der Waals surface area contributed by atoms with E-state index in [1.165, 1.54) is 18.4 Å². The van der Waals surface area contributed by atoms with Crippen molar-refractivity contribution in [2.45, 2.75) is 45.1 Å². The van der Waals surface area contributed by atoms with Gasteiger partial charge in [-0.1, -0.05) is 43.2 Å². The van der Waals surface area contributed by atoms with Gasteiger partial charge in [0.05, 0.1) is 0 Å². The van der Waals surface area contributed by atoms with Gasteiger partial charge in [0.25, 0.3) is 5.91 Å². The van der Waals surface area contributed by atoms with E-state index in [4.69, 9.17) is 0 Å². The van der Waals surface area contributed by atoms with Crippen LogP contribution in [-0.4, -0.2) is 47.8 Å². The molecule has 2 amide bonds. The van der Waals surface area contributed by atoms with Gasteiger partial charge < -0.3 is 10.2 Å². The molecule has 2 aliphatic rings. The lowest BCUT2D eigenvalue weighted by molar-refractivity contribution is -0.137. The van der Waals surface area contributed by atoms with E-state index in [0.29, 0.717) is 11.5 Å². The lowest BCUT2D eigenvalue weighted by Gasteiger charge is -2.34. The van der Waals surface area contributed by atoms with E-state index >= 15 is 0 Å².